The highest BCUT2D eigenvalue weighted by atomic mass is 16.5. The second-order valence-corrected chi connectivity index (χ2v) is 5.04. The minimum atomic E-state index is -0.209. The fourth-order valence-corrected chi connectivity index (χ4v) is 2.72. The van der Waals surface area contributed by atoms with E-state index in [1.54, 1.807) is 0 Å². The molecule has 0 aromatic heterocycles. The highest BCUT2D eigenvalue weighted by molar-refractivity contribution is 5.91. The highest BCUT2D eigenvalue weighted by Gasteiger charge is 2.23. The molecule has 1 saturated carbocycles. The van der Waals surface area contributed by atoms with E-state index in [0.717, 1.165) is 11.5 Å². The molecule has 2 rings (SSSR count). The lowest BCUT2D eigenvalue weighted by Gasteiger charge is -2.27. The van der Waals surface area contributed by atoms with Gasteiger partial charge in [0.1, 0.15) is 0 Å². The van der Waals surface area contributed by atoms with Crippen LogP contribution in [-0.2, 0) is 4.74 Å². The molecule has 92 valence electrons. The summed E-state index contributed by atoms with van der Waals surface area (Å²) in [4.78, 5) is 11.7. The van der Waals surface area contributed by atoms with Gasteiger partial charge in [-0.15, -0.1) is 0 Å². The summed E-state index contributed by atoms with van der Waals surface area (Å²) in [7, 11) is 1.45. The predicted octanol–water partition coefficient (Wildman–Crippen LogP) is 3.77. The molecular formula is C15H20O2. The lowest BCUT2D eigenvalue weighted by atomic mass is 9.78. The Morgan fingerprint density at radius 3 is 2.47 bits per heavy atom. The Morgan fingerprint density at radius 1 is 1.18 bits per heavy atom. The average molecular weight is 232 g/mol. The van der Waals surface area contributed by atoms with Crippen LogP contribution >= 0.6 is 0 Å². The van der Waals surface area contributed by atoms with E-state index in [0.29, 0.717) is 5.92 Å². The Hall–Kier alpha value is -1.31. The van der Waals surface area contributed by atoms with Crippen molar-refractivity contribution in [2.75, 3.05) is 7.11 Å². The second-order valence-electron chi connectivity index (χ2n) is 5.04. The third kappa shape index (κ3) is 2.68. The minimum absolute atomic E-state index is 0.209. The first-order valence-corrected chi connectivity index (χ1v) is 6.39. The van der Waals surface area contributed by atoms with Gasteiger partial charge < -0.3 is 4.74 Å². The number of benzene rings is 1. The van der Waals surface area contributed by atoms with Gasteiger partial charge in [0.15, 0.2) is 0 Å². The van der Waals surface area contributed by atoms with E-state index in [2.05, 4.69) is 13.0 Å². The lowest BCUT2D eigenvalue weighted by Crippen LogP contribution is -2.14. The summed E-state index contributed by atoms with van der Waals surface area (Å²) in [6, 6.07) is 7.87. The maximum absolute atomic E-state index is 11.7. The van der Waals surface area contributed by atoms with E-state index in [4.69, 9.17) is 4.74 Å². The second kappa shape index (κ2) is 5.35. The topological polar surface area (TPSA) is 26.3 Å². The lowest BCUT2D eigenvalue weighted by molar-refractivity contribution is 0.0598. The van der Waals surface area contributed by atoms with Gasteiger partial charge in [-0.05, 0) is 36.3 Å². The molecule has 0 radical (unpaired) electrons. The fraction of sp³-hybridized carbons (Fsp3) is 0.533. The summed E-state index contributed by atoms with van der Waals surface area (Å²) >= 11 is 0. The summed E-state index contributed by atoms with van der Waals surface area (Å²) in [5, 5.41) is 0. The van der Waals surface area contributed by atoms with Gasteiger partial charge in [-0.1, -0.05) is 38.0 Å². The largest absolute Gasteiger partial charge is 0.465 e. The summed E-state index contributed by atoms with van der Waals surface area (Å²) in [6.07, 6.45) is 4.91. The van der Waals surface area contributed by atoms with Gasteiger partial charge in [0.25, 0.3) is 0 Å². The van der Waals surface area contributed by atoms with Crippen molar-refractivity contribution in [1.29, 1.82) is 0 Å². The number of hydrogen-bond donors (Lipinski definition) is 0. The molecule has 1 aromatic carbocycles. The van der Waals surface area contributed by atoms with Crippen molar-refractivity contribution < 1.29 is 9.53 Å². The molecule has 17 heavy (non-hydrogen) atoms. The van der Waals surface area contributed by atoms with E-state index in [-0.39, 0.29) is 5.97 Å². The first-order valence-electron chi connectivity index (χ1n) is 6.39. The quantitative estimate of drug-likeness (QED) is 0.725. The number of ether oxygens (including phenoxy) is 1. The summed E-state index contributed by atoms with van der Waals surface area (Å²) < 4.78 is 4.85. The SMILES string of the molecule is COC(=O)c1ccccc1C1CCC(C)CC1. The standard InChI is InChI=1S/C15H20O2/c1-11-7-9-12(10-8-11)13-5-3-4-6-14(13)15(16)17-2/h3-6,11-12H,7-10H2,1-2H3. The van der Waals surface area contributed by atoms with Crippen LogP contribution in [0.15, 0.2) is 24.3 Å². The van der Waals surface area contributed by atoms with Crippen molar-refractivity contribution in [3.05, 3.63) is 35.4 Å². The van der Waals surface area contributed by atoms with Crippen LogP contribution in [0.25, 0.3) is 0 Å². The molecule has 0 unspecified atom stereocenters. The van der Waals surface area contributed by atoms with Gasteiger partial charge in [0, 0.05) is 0 Å². The third-order valence-electron chi connectivity index (χ3n) is 3.82. The molecule has 0 spiro atoms. The zero-order valence-corrected chi connectivity index (χ0v) is 10.6. The molecule has 0 atom stereocenters. The number of carbonyl (C=O) groups excluding carboxylic acids is 1. The van der Waals surface area contributed by atoms with E-state index < -0.39 is 0 Å². The molecule has 0 saturated heterocycles. The molecular weight excluding hydrogens is 212 g/mol. The molecule has 2 heteroatoms. The van der Waals surface area contributed by atoms with Crippen molar-refractivity contribution in [1.82, 2.24) is 0 Å². The molecule has 1 fully saturated rings. The van der Waals surface area contributed by atoms with Crippen molar-refractivity contribution >= 4 is 5.97 Å². The smallest absolute Gasteiger partial charge is 0.338 e. The zero-order valence-electron chi connectivity index (χ0n) is 10.6. The maximum atomic E-state index is 11.7. The van der Waals surface area contributed by atoms with Crippen molar-refractivity contribution in [2.24, 2.45) is 5.92 Å². The summed E-state index contributed by atoms with van der Waals surface area (Å²) in [5.41, 5.74) is 1.92. The van der Waals surface area contributed by atoms with Crippen LogP contribution in [0.1, 0.15) is 54.4 Å². The first kappa shape index (κ1) is 12.2. The van der Waals surface area contributed by atoms with Gasteiger partial charge in [-0.2, -0.15) is 0 Å². The molecule has 0 amide bonds. The third-order valence-corrected chi connectivity index (χ3v) is 3.82. The van der Waals surface area contributed by atoms with Crippen molar-refractivity contribution in [3.8, 4) is 0 Å². The minimum Gasteiger partial charge on any atom is -0.465 e. The Morgan fingerprint density at radius 2 is 1.82 bits per heavy atom. The van der Waals surface area contributed by atoms with Crippen LogP contribution in [-0.4, -0.2) is 13.1 Å². The number of methoxy groups -OCH3 is 1. The van der Waals surface area contributed by atoms with Gasteiger partial charge in [0.2, 0.25) is 0 Å². The maximum Gasteiger partial charge on any atom is 0.338 e. The van der Waals surface area contributed by atoms with Gasteiger partial charge in [-0.25, -0.2) is 4.79 Å². The number of carbonyl (C=O) groups is 1. The number of rotatable bonds is 2. The average Bonchev–Trinajstić information content (AvgIpc) is 2.39. The highest BCUT2D eigenvalue weighted by Crippen LogP contribution is 2.36. The van der Waals surface area contributed by atoms with Gasteiger partial charge in [-0.3, -0.25) is 0 Å². The Labute approximate surface area is 103 Å². The molecule has 0 aliphatic heterocycles. The molecule has 0 N–H and O–H groups in total. The van der Waals surface area contributed by atoms with Crippen LogP contribution < -0.4 is 0 Å². The fourth-order valence-electron chi connectivity index (χ4n) is 2.72. The Kier molecular flexibility index (Phi) is 3.82. The van der Waals surface area contributed by atoms with Gasteiger partial charge >= 0.3 is 5.97 Å². The van der Waals surface area contributed by atoms with E-state index in [1.807, 2.05) is 18.2 Å². The van der Waals surface area contributed by atoms with Crippen LogP contribution in [0.3, 0.4) is 0 Å². The van der Waals surface area contributed by atoms with Crippen LogP contribution in [0, 0.1) is 5.92 Å². The van der Waals surface area contributed by atoms with Crippen molar-refractivity contribution in [2.45, 2.75) is 38.5 Å². The van der Waals surface area contributed by atoms with Crippen LogP contribution in [0.2, 0.25) is 0 Å². The van der Waals surface area contributed by atoms with E-state index >= 15 is 0 Å². The molecule has 1 aliphatic rings. The zero-order chi connectivity index (χ0) is 12.3. The van der Waals surface area contributed by atoms with Crippen LogP contribution in [0.4, 0.5) is 0 Å². The molecule has 0 heterocycles. The monoisotopic (exact) mass is 232 g/mol. The Balaban J connectivity index is 2.23. The van der Waals surface area contributed by atoms with E-state index in [1.165, 1.54) is 38.4 Å². The van der Waals surface area contributed by atoms with Gasteiger partial charge in [0.05, 0.1) is 12.7 Å². The number of esters is 1. The van der Waals surface area contributed by atoms with Crippen LogP contribution in [0.5, 0.6) is 0 Å². The molecule has 1 aromatic rings. The molecule has 2 nitrogen and oxygen atoms in total. The first-order chi connectivity index (χ1) is 8.22. The molecule has 0 bridgehead atoms. The van der Waals surface area contributed by atoms with Crippen molar-refractivity contribution in [3.63, 3.8) is 0 Å². The summed E-state index contributed by atoms with van der Waals surface area (Å²) in [6.45, 7) is 2.31. The Bertz CT molecular complexity index is 390. The van der Waals surface area contributed by atoms with E-state index in [9.17, 15) is 4.79 Å². The summed E-state index contributed by atoms with van der Waals surface area (Å²) in [5.74, 6) is 1.15. The normalized spacial score (nSPS) is 24.4. The molecule has 1 aliphatic carbocycles. The predicted molar refractivity (Wildman–Crippen MR) is 68.2 cm³/mol. The number of hydrogen-bond acceptors (Lipinski definition) is 2.